The van der Waals surface area contributed by atoms with Gasteiger partial charge in [0, 0.05) is 47.7 Å². The van der Waals surface area contributed by atoms with Crippen molar-refractivity contribution < 1.29 is 19.2 Å². The molecule has 0 saturated carbocycles. The van der Waals surface area contributed by atoms with Gasteiger partial charge in [0.05, 0.1) is 5.54 Å². The number of imide groups is 1. The largest absolute Gasteiger partial charge is 0.329 e. The number of terminal acetylenes is 1. The van der Waals surface area contributed by atoms with E-state index in [2.05, 4.69) is 26.9 Å². The Labute approximate surface area is 226 Å². The summed E-state index contributed by atoms with van der Waals surface area (Å²) in [5.41, 5.74) is 4.51. The third kappa shape index (κ3) is 5.22. The molecule has 1 fully saturated rings. The van der Waals surface area contributed by atoms with Crippen LogP contribution in [0.25, 0.3) is 11.1 Å². The van der Waals surface area contributed by atoms with E-state index in [-0.39, 0.29) is 24.8 Å². The van der Waals surface area contributed by atoms with Gasteiger partial charge in [0.15, 0.2) is 0 Å². The first-order valence-electron chi connectivity index (χ1n) is 12.5. The Morgan fingerprint density at radius 2 is 1.85 bits per heavy atom. The molecule has 5 amide bonds. The van der Waals surface area contributed by atoms with E-state index in [1.165, 1.54) is 4.90 Å². The Morgan fingerprint density at radius 3 is 2.56 bits per heavy atom. The third-order valence-corrected chi connectivity index (χ3v) is 7.05. The van der Waals surface area contributed by atoms with Gasteiger partial charge in [-0.3, -0.25) is 24.7 Å². The van der Waals surface area contributed by atoms with Crippen LogP contribution >= 0.6 is 0 Å². The third-order valence-electron chi connectivity index (χ3n) is 7.05. The van der Waals surface area contributed by atoms with E-state index < -0.39 is 23.5 Å². The lowest BCUT2D eigenvalue weighted by Gasteiger charge is -2.29. The Kier molecular flexibility index (Phi) is 6.62. The zero-order chi connectivity index (χ0) is 27.7. The fraction of sp³-hybridized carbons (Fsp3) is 0.233. The summed E-state index contributed by atoms with van der Waals surface area (Å²) >= 11 is 0. The Morgan fingerprint density at radius 1 is 1.08 bits per heavy atom. The van der Waals surface area contributed by atoms with Gasteiger partial charge in [-0.15, -0.1) is 6.42 Å². The summed E-state index contributed by atoms with van der Waals surface area (Å²) in [6.45, 7) is 4.04. The summed E-state index contributed by atoms with van der Waals surface area (Å²) in [5.74, 6) is 1.54. The summed E-state index contributed by atoms with van der Waals surface area (Å²) in [7, 11) is 0. The molecular formula is C30H27N5O4. The van der Waals surface area contributed by atoms with Crippen LogP contribution < -0.4 is 16.0 Å². The van der Waals surface area contributed by atoms with Crippen LogP contribution in [0.1, 0.15) is 53.7 Å². The predicted molar refractivity (Wildman–Crippen MR) is 145 cm³/mol. The maximum atomic E-state index is 12.9. The van der Waals surface area contributed by atoms with Crippen LogP contribution in [-0.2, 0) is 21.7 Å². The fourth-order valence-corrected chi connectivity index (χ4v) is 4.93. The van der Waals surface area contributed by atoms with Crippen molar-refractivity contribution in [1.29, 1.82) is 0 Å². The average Bonchev–Trinajstić information content (AvgIpc) is 3.23. The van der Waals surface area contributed by atoms with Crippen molar-refractivity contribution in [2.24, 2.45) is 0 Å². The fourth-order valence-electron chi connectivity index (χ4n) is 4.93. The number of aromatic nitrogens is 1. The number of anilines is 1. The zero-order valence-corrected chi connectivity index (χ0v) is 21.6. The maximum Gasteiger partial charge on any atom is 0.319 e. The van der Waals surface area contributed by atoms with Crippen LogP contribution in [-0.4, -0.2) is 39.7 Å². The maximum absolute atomic E-state index is 12.9. The van der Waals surface area contributed by atoms with Gasteiger partial charge >= 0.3 is 6.03 Å². The molecule has 1 saturated heterocycles. The van der Waals surface area contributed by atoms with E-state index in [4.69, 9.17) is 6.42 Å². The molecule has 0 spiro atoms. The number of urea groups is 1. The van der Waals surface area contributed by atoms with E-state index in [0.29, 0.717) is 28.8 Å². The molecule has 0 bridgehead atoms. The van der Waals surface area contributed by atoms with Crippen LogP contribution in [0.15, 0.2) is 60.9 Å². The number of benzene rings is 2. The van der Waals surface area contributed by atoms with E-state index in [1.54, 1.807) is 30.6 Å². The molecule has 1 unspecified atom stereocenters. The van der Waals surface area contributed by atoms with E-state index in [9.17, 15) is 19.2 Å². The second-order valence-electron chi connectivity index (χ2n) is 10.2. The van der Waals surface area contributed by atoms with Crippen LogP contribution in [0.5, 0.6) is 0 Å². The lowest BCUT2D eigenvalue weighted by molar-refractivity contribution is -0.136. The molecular weight excluding hydrogens is 494 g/mol. The van der Waals surface area contributed by atoms with Crippen LogP contribution in [0.2, 0.25) is 0 Å². The highest BCUT2D eigenvalue weighted by Crippen LogP contribution is 2.30. The number of carbonyl (C=O) groups is 4. The van der Waals surface area contributed by atoms with Gasteiger partial charge in [0.2, 0.25) is 11.8 Å². The van der Waals surface area contributed by atoms with Gasteiger partial charge in [-0.2, -0.15) is 0 Å². The molecule has 2 aromatic carbocycles. The minimum absolute atomic E-state index is 0.193. The molecule has 0 aliphatic carbocycles. The van der Waals surface area contributed by atoms with Gasteiger partial charge in [-0.05, 0) is 61.2 Å². The highest BCUT2D eigenvalue weighted by Gasteiger charge is 2.39. The first-order chi connectivity index (χ1) is 18.6. The van der Waals surface area contributed by atoms with Gasteiger partial charge in [-0.1, -0.05) is 30.2 Å². The molecule has 1 aromatic heterocycles. The zero-order valence-electron chi connectivity index (χ0n) is 21.6. The van der Waals surface area contributed by atoms with E-state index >= 15 is 0 Å². The minimum Gasteiger partial charge on any atom is -0.329 e. The number of fused-ring (bicyclic) bond motifs is 1. The smallest absolute Gasteiger partial charge is 0.319 e. The van der Waals surface area contributed by atoms with Crippen LogP contribution in [0.4, 0.5) is 10.5 Å². The summed E-state index contributed by atoms with van der Waals surface area (Å²) in [6.07, 6.45) is 9.35. The van der Waals surface area contributed by atoms with Gasteiger partial charge in [-0.25, -0.2) is 4.79 Å². The molecule has 2 aliphatic heterocycles. The second-order valence-corrected chi connectivity index (χ2v) is 10.2. The van der Waals surface area contributed by atoms with Crippen molar-refractivity contribution in [1.82, 2.24) is 20.5 Å². The molecule has 39 heavy (non-hydrogen) atoms. The average molecular weight is 522 g/mol. The van der Waals surface area contributed by atoms with Gasteiger partial charge in [0.1, 0.15) is 6.04 Å². The molecule has 3 heterocycles. The van der Waals surface area contributed by atoms with Crippen LogP contribution in [0, 0.1) is 12.3 Å². The first-order valence-corrected chi connectivity index (χ1v) is 12.5. The van der Waals surface area contributed by atoms with Crippen molar-refractivity contribution in [2.75, 3.05) is 5.32 Å². The summed E-state index contributed by atoms with van der Waals surface area (Å²) in [4.78, 5) is 55.2. The molecule has 5 rings (SSSR count). The number of hydrogen-bond donors (Lipinski definition) is 3. The molecule has 9 heteroatoms. The summed E-state index contributed by atoms with van der Waals surface area (Å²) in [6, 6.07) is 13.7. The SMILES string of the molecule is C#Cc1cncc(-c2ccc(C(C)(C)NC(=O)Nc3ccc4c(c3)CN(C3CCC(=O)NC3=O)C4=O)cc2)c1. The van der Waals surface area contributed by atoms with Crippen molar-refractivity contribution in [3.05, 3.63) is 83.2 Å². The van der Waals surface area contributed by atoms with Crippen molar-refractivity contribution >= 4 is 29.4 Å². The Hall–Kier alpha value is -4.97. The molecule has 9 nitrogen and oxygen atoms in total. The van der Waals surface area contributed by atoms with Crippen LogP contribution in [0.3, 0.4) is 0 Å². The van der Waals surface area contributed by atoms with Gasteiger partial charge < -0.3 is 15.5 Å². The van der Waals surface area contributed by atoms with E-state index in [0.717, 1.165) is 16.7 Å². The number of piperidine rings is 1. The Balaban J connectivity index is 1.24. The van der Waals surface area contributed by atoms with Crippen molar-refractivity contribution in [3.8, 4) is 23.5 Å². The summed E-state index contributed by atoms with van der Waals surface area (Å²) in [5, 5.41) is 8.13. The molecule has 196 valence electrons. The number of rotatable bonds is 5. The number of nitrogens with zero attached hydrogens (tertiary/aromatic N) is 2. The normalized spacial score (nSPS) is 16.8. The lowest BCUT2D eigenvalue weighted by atomic mass is 9.92. The predicted octanol–water partition coefficient (Wildman–Crippen LogP) is 3.55. The number of hydrogen-bond acceptors (Lipinski definition) is 5. The number of carbonyl (C=O) groups excluding carboxylic acids is 4. The quantitative estimate of drug-likeness (QED) is 0.350. The standard InChI is InChI=1S/C30H27N5O4/c1-4-18-13-20(16-31-15-18)19-5-7-22(8-6-19)30(2,3)34-29(39)32-23-9-10-24-21(14-23)17-35(28(24)38)25-11-12-26(36)33-27(25)37/h1,5-10,13-16,25H,11-12,17H2,2-3H3,(H2,32,34,39)(H,33,36,37). The first kappa shape index (κ1) is 25.7. The molecule has 0 radical (unpaired) electrons. The number of pyridine rings is 1. The van der Waals surface area contributed by atoms with Crippen molar-refractivity contribution in [2.45, 2.75) is 44.8 Å². The molecule has 2 aliphatic rings. The molecule has 3 N–H and O–H groups in total. The topological polar surface area (TPSA) is 120 Å². The Bertz CT molecular complexity index is 1540. The minimum atomic E-state index is -0.688. The van der Waals surface area contributed by atoms with Crippen molar-refractivity contribution in [3.63, 3.8) is 0 Å². The van der Waals surface area contributed by atoms with Gasteiger partial charge in [0.25, 0.3) is 5.91 Å². The highest BCUT2D eigenvalue weighted by molar-refractivity contribution is 6.05. The number of amides is 5. The number of nitrogens with one attached hydrogen (secondary N) is 3. The van der Waals surface area contributed by atoms with E-state index in [1.807, 2.05) is 44.2 Å². The molecule has 1 atom stereocenters. The summed E-state index contributed by atoms with van der Waals surface area (Å²) < 4.78 is 0. The second kappa shape index (κ2) is 10.1. The highest BCUT2D eigenvalue weighted by atomic mass is 16.2. The lowest BCUT2D eigenvalue weighted by Crippen LogP contribution is -2.52. The monoisotopic (exact) mass is 521 g/mol. The molecule has 3 aromatic rings.